The number of piperidine rings is 1. The largest absolute Gasteiger partial charge is 0.395 e. The Morgan fingerprint density at radius 3 is 2.68 bits per heavy atom. The molecular formula is C29H34F2N8O2. The number of halogens is 2. The van der Waals surface area contributed by atoms with Crippen LogP contribution in [0.3, 0.4) is 0 Å². The summed E-state index contributed by atoms with van der Waals surface area (Å²) in [5.41, 5.74) is 2.19. The maximum absolute atomic E-state index is 15.1. The molecule has 12 heteroatoms. The third-order valence-electron chi connectivity index (χ3n) is 7.97. The number of ether oxygens (including phenoxy) is 1. The Morgan fingerprint density at radius 2 is 1.93 bits per heavy atom. The predicted octanol–water partition coefficient (Wildman–Crippen LogP) is 3.89. The minimum atomic E-state index is -0.654. The van der Waals surface area contributed by atoms with Gasteiger partial charge in [0, 0.05) is 30.9 Å². The van der Waals surface area contributed by atoms with Gasteiger partial charge in [-0.3, -0.25) is 4.90 Å². The van der Waals surface area contributed by atoms with Crippen molar-refractivity contribution in [3.05, 3.63) is 59.7 Å². The van der Waals surface area contributed by atoms with E-state index >= 15 is 4.39 Å². The van der Waals surface area contributed by atoms with Crippen LogP contribution in [0.5, 0.6) is 0 Å². The number of fused-ring (bicyclic) bond motifs is 3. The number of nitrogens with zero attached hydrogens (tertiary/aromatic N) is 7. The number of aliphatic hydroxyl groups excluding tert-OH is 1. The summed E-state index contributed by atoms with van der Waals surface area (Å²) in [7, 11) is 2.07. The zero-order valence-corrected chi connectivity index (χ0v) is 23.2. The molecule has 0 bridgehead atoms. The number of rotatable bonds is 8. The summed E-state index contributed by atoms with van der Waals surface area (Å²) in [6, 6.07) is 7.29. The summed E-state index contributed by atoms with van der Waals surface area (Å²) >= 11 is 0. The van der Waals surface area contributed by atoms with Crippen LogP contribution in [0.4, 0.5) is 20.5 Å². The second-order valence-corrected chi connectivity index (χ2v) is 10.9. The second kappa shape index (κ2) is 11.7. The Morgan fingerprint density at radius 1 is 1.10 bits per heavy atom. The van der Waals surface area contributed by atoms with Crippen LogP contribution in [0.15, 0.2) is 36.7 Å². The summed E-state index contributed by atoms with van der Waals surface area (Å²) in [6.45, 7) is 6.45. The van der Waals surface area contributed by atoms with Crippen molar-refractivity contribution in [2.24, 2.45) is 0 Å². The van der Waals surface area contributed by atoms with E-state index in [-0.39, 0.29) is 29.8 Å². The zero-order chi connectivity index (χ0) is 28.5. The summed E-state index contributed by atoms with van der Waals surface area (Å²) in [4.78, 5) is 22.0. The van der Waals surface area contributed by atoms with Gasteiger partial charge in [-0.2, -0.15) is 0 Å². The molecule has 2 aliphatic heterocycles. The SMILES string of the molecule is CC1COCc2nc3c(F)cc(-c4nc(Nc5ccc(CN6CCC(N(C)CCO)CC6)cn5)ncc4F)cc3n21. The lowest BCUT2D eigenvalue weighted by molar-refractivity contribution is 0.0621. The molecule has 41 heavy (non-hydrogen) atoms. The van der Waals surface area contributed by atoms with Crippen LogP contribution in [-0.4, -0.2) is 85.3 Å². The smallest absolute Gasteiger partial charge is 0.229 e. The quantitative estimate of drug-likeness (QED) is 0.330. The van der Waals surface area contributed by atoms with Crippen molar-refractivity contribution in [1.82, 2.24) is 34.3 Å². The molecule has 0 radical (unpaired) electrons. The molecule has 1 fully saturated rings. The Hall–Kier alpha value is -3.58. The van der Waals surface area contributed by atoms with Crippen LogP contribution in [-0.2, 0) is 17.9 Å². The van der Waals surface area contributed by atoms with Crippen molar-refractivity contribution >= 4 is 22.8 Å². The number of hydrogen-bond donors (Lipinski definition) is 2. The topological polar surface area (TPSA) is 104 Å². The predicted molar refractivity (Wildman–Crippen MR) is 151 cm³/mol. The lowest BCUT2D eigenvalue weighted by atomic mass is 10.0. The second-order valence-electron chi connectivity index (χ2n) is 10.9. The van der Waals surface area contributed by atoms with Crippen LogP contribution in [0.1, 0.15) is 37.2 Å². The van der Waals surface area contributed by atoms with Gasteiger partial charge in [0.2, 0.25) is 5.95 Å². The molecule has 6 rings (SSSR count). The van der Waals surface area contributed by atoms with E-state index in [0.717, 1.165) is 44.2 Å². The van der Waals surface area contributed by atoms with E-state index in [1.807, 2.05) is 29.8 Å². The highest BCUT2D eigenvalue weighted by atomic mass is 19.1. The van der Waals surface area contributed by atoms with Crippen LogP contribution < -0.4 is 5.32 Å². The number of aliphatic hydroxyl groups is 1. The van der Waals surface area contributed by atoms with E-state index in [2.05, 4.69) is 42.1 Å². The number of likely N-dealkylation sites (N-methyl/N-ethyl adjacent to an activating group) is 1. The van der Waals surface area contributed by atoms with Crippen LogP contribution in [0.2, 0.25) is 0 Å². The fourth-order valence-corrected chi connectivity index (χ4v) is 5.78. The van der Waals surface area contributed by atoms with Crippen molar-refractivity contribution in [2.45, 2.75) is 45.0 Å². The van der Waals surface area contributed by atoms with Crippen molar-refractivity contribution < 1.29 is 18.6 Å². The first-order chi connectivity index (χ1) is 19.9. The first kappa shape index (κ1) is 27.6. The number of likely N-dealkylation sites (tertiary alicyclic amines) is 1. The van der Waals surface area contributed by atoms with Crippen LogP contribution in [0, 0.1) is 11.6 Å². The Balaban J connectivity index is 1.15. The van der Waals surface area contributed by atoms with E-state index < -0.39 is 11.6 Å². The molecule has 0 aliphatic carbocycles. The maximum Gasteiger partial charge on any atom is 0.229 e. The van der Waals surface area contributed by atoms with Crippen molar-refractivity contribution in [1.29, 1.82) is 0 Å². The highest BCUT2D eigenvalue weighted by molar-refractivity contribution is 5.83. The van der Waals surface area contributed by atoms with Gasteiger partial charge < -0.3 is 24.6 Å². The molecule has 0 amide bonds. The summed E-state index contributed by atoms with van der Waals surface area (Å²) < 4.78 is 37.5. The number of benzene rings is 1. The number of aromatic nitrogens is 5. The Kier molecular flexibility index (Phi) is 7.89. The van der Waals surface area contributed by atoms with Crippen molar-refractivity contribution in [2.75, 3.05) is 45.2 Å². The molecule has 5 heterocycles. The van der Waals surface area contributed by atoms with Gasteiger partial charge in [-0.25, -0.2) is 28.7 Å². The maximum atomic E-state index is 15.1. The van der Waals surface area contributed by atoms with E-state index in [0.29, 0.717) is 48.5 Å². The third-order valence-corrected chi connectivity index (χ3v) is 7.97. The molecular weight excluding hydrogens is 530 g/mol. The molecule has 1 unspecified atom stereocenters. The highest BCUT2D eigenvalue weighted by Crippen LogP contribution is 2.32. The molecule has 1 aromatic carbocycles. The number of hydrogen-bond acceptors (Lipinski definition) is 9. The zero-order valence-electron chi connectivity index (χ0n) is 23.2. The summed E-state index contributed by atoms with van der Waals surface area (Å²) in [5, 5.41) is 12.2. The third kappa shape index (κ3) is 5.78. The Labute approximate surface area is 237 Å². The van der Waals surface area contributed by atoms with Gasteiger partial charge in [0.05, 0.1) is 31.0 Å². The fraction of sp³-hybridized carbons (Fsp3) is 0.448. The molecule has 4 aromatic rings. The van der Waals surface area contributed by atoms with E-state index in [4.69, 9.17) is 4.74 Å². The molecule has 1 atom stereocenters. The fourth-order valence-electron chi connectivity index (χ4n) is 5.78. The van der Waals surface area contributed by atoms with Crippen LogP contribution in [0.25, 0.3) is 22.3 Å². The molecule has 216 valence electrons. The minimum Gasteiger partial charge on any atom is -0.395 e. The highest BCUT2D eigenvalue weighted by Gasteiger charge is 2.25. The van der Waals surface area contributed by atoms with Crippen molar-refractivity contribution in [3.63, 3.8) is 0 Å². The van der Waals surface area contributed by atoms with E-state index in [1.54, 1.807) is 6.07 Å². The number of pyridine rings is 1. The lowest BCUT2D eigenvalue weighted by Crippen LogP contribution is -2.43. The number of imidazole rings is 1. The van der Waals surface area contributed by atoms with Crippen LogP contribution >= 0.6 is 0 Å². The average Bonchev–Trinajstić information content (AvgIpc) is 3.36. The van der Waals surface area contributed by atoms with Gasteiger partial charge in [0.1, 0.15) is 29.5 Å². The lowest BCUT2D eigenvalue weighted by Gasteiger charge is -2.36. The summed E-state index contributed by atoms with van der Waals surface area (Å²) in [5.74, 6) is 0.130. The first-order valence-corrected chi connectivity index (χ1v) is 14.0. The molecule has 3 aromatic heterocycles. The van der Waals surface area contributed by atoms with Crippen molar-refractivity contribution in [3.8, 4) is 11.3 Å². The van der Waals surface area contributed by atoms with Gasteiger partial charge in [-0.05, 0) is 63.7 Å². The molecule has 1 saturated heterocycles. The minimum absolute atomic E-state index is 0.0109. The first-order valence-electron chi connectivity index (χ1n) is 14.0. The molecule has 0 saturated carbocycles. The number of anilines is 2. The average molecular weight is 565 g/mol. The van der Waals surface area contributed by atoms with Gasteiger partial charge in [0.15, 0.2) is 11.6 Å². The summed E-state index contributed by atoms with van der Waals surface area (Å²) in [6.07, 6.45) is 5.03. The van der Waals surface area contributed by atoms with Gasteiger partial charge in [-0.15, -0.1) is 0 Å². The van der Waals surface area contributed by atoms with Gasteiger partial charge in [-0.1, -0.05) is 6.07 Å². The molecule has 0 spiro atoms. The van der Waals surface area contributed by atoms with E-state index in [1.165, 1.54) is 6.07 Å². The monoisotopic (exact) mass is 564 g/mol. The molecule has 2 aliphatic rings. The van der Waals surface area contributed by atoms with Gasteiger partial charge in [0.25, 0.3) is 0 Å². The standard InChI is InChI=1S/C29H34F2N8O2/c1-18-16-41-17-26-35-28-22(30)11-20(12-24(28)39(18)26)27-23(31)14-33-29(36-27)34-25-4-3-19(13-32-25)15-38-7-5-21(6-8-38)37(2)9-10-40/h3-4,11-14,18,21,40H,5-10,15-17H2,1-2H3,(H,32,33,34,36). The molecule has 10 nitrogen and oxygen atoms in total. The Bertz CT molecular complexity index is 1520. The van der Waals surface area contributed by atoms with E-state index in [9.17, 15) is 9.50 Å². The number of nitrogens with one attached hydrogen (secondary N) is 1. The van der Waals surface area contributed by atoms with Gasteiger partial charge >= 0.3 is 0 Å². The normalized spacial score (nSPS) is 18.2. The molecule has 2 N–H and O–H groups in total.